The summed E-state index contributed by atoms with van der Waals surface area (Å²) in [6.45, 7) is 8.26. The largest absolute Gasteiger partial charge is 0.544 e. The van der Waals surface area contributed by atoms with E-state index in [1.807, 2.05) is 6.92 Å². The first-order chi connectivity index (χ1) is 18.2. The fraction of sp³-hybridized carbons (Fsp3) is 0.846. The van der Waals surface area contributed by atoms with Crippen LogP contribution in [0, 0.1) is 11.8 Å². The van der Waals surface area contributed by atoms with Gasteiger partial charge in [0.2, 0.25) is 17.7 Å². The van der Waals surface area contributed by atoms with E-state index in [0.29, 0.717) is 32.2 Å². The molecule has 0 aliphatic carbocycles. The number of hydrazine groups is 1. The van der Waals surface area contributed by atoms with Gasteiger partial charge in [0.05, 0.1) is 12.6 Å². The van der Waals surface area contributed by atoms with Crippen molar-refractivity contribution < 1.29 is 34.5 Å². The van der Waals surface area contributed by atoms with Gasteiger partial charge in [-0.1, -0.05) is 40.0 Å². The van der Waals surface area contributed by atoms with Crippen molar-refractivity contribution in [3.63, 3.8) is 0 Å². The molecule has 0 aromatic heterocycles. The molecule has 2 unspecified atom stereocenters. The summed E-state index contributed by atoms with van der Waals surface area (Å²) < 4.78 is 0. The van der Waals surface area contributed by atoms with Crippen molar-refractivity contribution in [2.24, 2.45) is 11.8 Å². The summed E-state index contributed by atoms with van der Waals surface area (Å²) in [6.07, 6.45) is 6.07. The molecule has 5 N–H and O–H groups in total. The molecule has 0 aromatic carbocycles. The molecule has 0 radical (unpaired) electrons. The number of rotatable bonds is 12. The number of hydroxylamine groups is 1. The Kier molecular flexibility index (Phi) is 11.3. The van der Waals surface area contributed by atoms with Crippen molar-refractivity contribution in [3.05, 3.63) is 0 Å². The fourth-order valence-corrected chi connectivity index (χ4v) is 6.36. The Hall–Kier alpha value is -2.28. The third kappa shape index (κ3) is 7.02. The first kappa shape index (κ1) is 30.3. The molecule has 0 bridgehead atoms. The molecule has 0 aromatic rings. The second-order valence-corrected chi connectivity index (χ2v) is 11.1. The number of nitrogens with one attached hydrogen (secondary N) is 4. The summed E-state index contributed by atoms with van der Waals surface area (Å²) in [5.41, 5.74) is 4.69. The zero-order chi connectivity index (χ0) is 27.8. The average molecular weight is 539 g/mol. The number of hydrogen-bond acceptors (Lipinski definition) is 8. The highest BCUT2D eigenvalue weighted by Crippen LogP contribution is 2.23. The molecule has 12 heteroatoms. The summed E-state index contributed by atoms with van der Waals surface area (Å²) in [7, 11) is 0. The van der Waals surface area contributed by atoms with Crippen LogP contribution in [0.5, 0.6) is 0 Å². The van der Waals surface area contributed by atoms with E-state index in [1.54, 1.807) is 5.48 Å². The molecule has 216 valence electrons. The number of aliphatic carboxylic acids is 1. The molecule has 12 nitrogen and oxygen atoms in total. The van der Waals surface area contributed by atoms with Gasteiger partial charge >= 0.3 is 0 Å². The van der Waals surface area contributed by atoms with Crippen LogP contribution in [0.25, 0.3) is 0 Å². The van der Waals surface area contributed by atoms with E-state index in [4.69, 9.17) is 5.21 Å². The standard InChI is InChI=1S/C26H46N6O6/c1-4-6-9-18(16-22(33)29-38)25(35)31-20(10-7-13-27-31)24(34)28-23(17(3)5-2)19-12-15-30-14-8-11-21(26(36)37)32(19)30/h17-21,23,27,38H,4-16H2,1-3H3,(H,28,34)(H,29,33)(H,36,37)/t17-,18+,19?,20+,21+,23+/m1/s1. The average Bonchev–Trinajstić information content (AvgIpc) is 3.36. The molecule has 3 heterocycles. The number of nitrogens with zero attached hydrogens (tertiary/aromatic N) is 2. The van der Waals surface area contributed by atoms with Gasteiger partial charge in [-0.25, -0.2) is 15.9 Å². The quantitative estimate of drug-likeness (QED) is 0.148. The highest BCUT2D eigenvalue weighted by molar-refractivity contribution is 5.90. The first-order valence-corrected chi connectivity index (χ1v) is 14.4. The summed E-state index contributed by atoms with van der Waals surface area (Å²) in [4.78, 5) is 51.2. The molecule has 0 spiro atoms. The van der Waals surface area contributed by atoms with Gasteiger partial charge in [-0.15, -0.1) is 0 Å². The van der Waals surface area contributed by atoms with E-state index in [2.05, 4.69) is 29.6 Å². The monoisotopic (exact) mass is 538 g/mol. The van der Waals surface area contributed by atoms with Crippen molar-refractivity contribution in [2.45, 2.75) is 109 Å². The Morgan fingerprint density at radius 2 is 1.89 bits per heavy atom. The summed E-state index contributed by atoms with van der Waals surface area (Å²) in [5.74, 6) is -2.83. The SMILES string of the molecule is CCCC[C@@H](CC(=O)NO)C(=O)N1NCCC[C@H]1C(=O)N[C@H](C1CCN2CCC[C@@H](C(=O)[O-])[NH+]12)[C@H](C)CC. The lowest BCUT2D eigenvalue weighted by molar-refractivity contribution is -1.04. The highest BCUT2D eigenvalue weighted by atomic mass is 16.5. The minimum absolute atomic E-state index is 0.0941. The molecule has 3 aliphatic heterocycles. The van der Waals surface area contributed by atoms with E-state index in [1.165, 1.54) is 5.01 Å². The van der Waals surface area contributed by atoms with Gasteiger partial charge in [-0.3, -0.25) is 24.6 Å². The van der Waals surface area contributed by atoms with Gasteiger partial charge in [-0.05, 0) is 31.6 Å². The Morgan fingerprint density at radius 3 is 2.55 bits per heavy atom. The number of carboxylic acids is 1. The van der Waals surface area contributed by atoms with Gasteiger partial charge in [0.25, 0.3) is 0 Å². The van der Waals surface area contributed by atoms with Crippen molar-refractivity contribution in [1.82, 2.24) is 26.2 Å². The molecule has 0 saturated carbocycles. The summed E-state index contributed by atoms with van der Waals surface area (Å²) >= 11 is 0. The fourth-order valence-electron chi connectivity index (χ4n) is 6.36. The van der Waals surface area contributed by atoms with Crippen LogP contribution in [-0.4, -0.2) is 82.7 Å². The van der Waals surface area contributed by atoms with E-state index >= 15 is 0 Å². The second kappa shape index (κ2) is 14.2. The third-order valence-corrected chi connectivity index (χ3v) is 8.62. The van der Waals surface area contributed by atoms with Gasteiger partial charge < -0.3 is 15.2 Å². The van der Waals surface area contributed by atoms with Crippen LogP contribution >= 0.6 is 0 Å². The van der Waals surface area contributed by atoms with Crippen LogP contribution in [0.1, 0.15) is 85.0 Å². The van der Waals surface area contributed by atoms with Crippen molar-refractivity contribution in [1.29, 1.82) is 0 Å². The highest BCUT2D eigenvalue weighted by Gasteiger charge is 2.49. The number of fused-ring (bicyclic) bond motifs is 1. The van der Waals surface area contributed by atoms with Crippen LogP contribution in [0.3, 0.4) is 0 Å². The predicted molar refractivity (Wildman–Crippen MR) is 136 cm³/mol. The van der Waals surface area contributed by atoms with Crippen molar-refractivity contribution in [3.8, 4) is 0 Å². The maximum atomic E-state index is 13.8. The van der Waals surface area contributed by atoms with Gasteiger partial charge in [0, 0.05) is 38.3 Å². The Morgan fingerprint density at radius 1 is 1.13 bits per heavy atom. The number of hydrogen-bond donors (Lipinski definition) is 5. The van der Waals surface area contributed by atoms with Gasteiger partial charge in [0.15, 0.2) is 0 Å². The van der Waals surface area contributed by atoms with Crippen LogP contribution in [0.4, 0.5) is 0 Å². The van der Waals surface area contributed by atoms with Crippen molar-refractivity contribution in [2.75, 3.05) is 19.6 Å². The molecular formula is C26H46N6O6. The van der Waals surface area contributed by atoms with Crippen LogP contribution in [0.15, 0.2) is 0 Å². The predicted octanol–water partition coefficient (Wildman–Crippen LogP) is -1.50. The van der Waals surface area contributed by atoms with Crippen LogP contribution in [-0.2, 0) is 19.2 Å². The molecule has 3 amide bonds. The molecule has 3 saturated heterocycles. The topological polar surface area (TPSA) is 159 Å². The van der Waals surface area contributed by atoms with E-state index in [9.17, 15) is 24.3 Å². The zero-order valence-electron chi connectivity index (χ0n) is 23.0. The van der Waals surface area contributed by atoms with Crippen LogP contribution in [0.2, 0.25) is 0 Å². The maximum absolute atomic E-state index is 13.8. The first-order valence-electron chi connectivity index (χ1n) is 14.4. The summed E-state index contributed by atoms with van der Waals surface area (Å²) in [6, 6.07) is -1.73. The lowest BCUT2D eigenvalue weighted by Gasteiger charge is -2.43. The van der Waals surface area contributed by atoms with Gasteiger partial charge in [0.1, 0.15) is 24.1 Å². The Balaban J connectivity index is 1.80. The Labute approximate surface area is 225 Å². The number of carboxylic acid groups (broad SMARTS) is 1. The molecule has 7 atom stereocenters. The molecule has 3 aliphatic rings. The van der Waals surface area contributed by atoms with Crippen LogP contribution < -0.4 is 26.3 Å². The smallest absolute Gasteiger partial charge is 0.244 e. The summed E-state index contributed by atoms with van der Waals surface area (Å²) in [5, 5.41) is 28.7. The molecule has 38 heavy (non-hydrogen) atoms. The number of carbonyl (C=O) groups excluding carboxylic acids is 4. The third-order valence-electron chi connectivity index (χ3n) is 8.62. The Bertz CT molecular complexity index is 843. The van der Waals surface area contributed by atoms with E-state index in [-0.39, 0.29) is 36.2 Å². The number of quaternary nitrogens is 1. The molecule has 3 fully saturated rings. The molecular weight excluding hydrogens is 492 g/mol. The number of amides is 3. The maximum Gasteiger partial charge on any atom is 0.244 e. The van der Waals surface area contributed by atoms with Crippen molar-refractivity contribution >= 4 is 23.7 Å². The zero-order valence-corrected chi connectivity index (χ0v) is 23.0. The lowest BCUT2D eigenvalue weighted by Crippen LogP contribution is -3.25. The van der Waals surface area contributed by atoms with E-state index < -0.39 is 29.9 Å². The number of unbranched alkanes of at least 4 members (excludes halogenated alkanes) is 1. The molecule has 3 rings (SSSR count). The minimum Gasteiger partial charge on any atom is -0.544 e. The second-order valence-electron chi connectivity index (χ2n) is 11.1. The van der Waals surface area contributed by atoms with E-state index in [0.717, 1.165) is 50.2 Å². The lowest BCUT2D eigenvalue weighted by atomic mass is 9.89. The minimum atomic E-state index is -1.05. The van der Waals surface area contributed by atoms with Gasteiger partial charge in [-0.2, -0.15) is 5.01 Å². The normalized spacial score (nSPS) is 28.2. The number of carbonyl (C=O) groups is 4.